The summed E-state index contributed by atoms with van der Waals surface area (Å²) in [7, 11) is -6.32. The first-order chi connectivity index (χ1) is 6.81. The van der Waals surface area contributed by atoms with Gasteiger partial charge in [-0.3, -0.25) is 4.55 Å². The maximum absolute atomic E-state index is 13.3. The van der Waals surface area contributed by atoms with Crippen LogP contribution >= 0.6 is 0 Å². The van der Waals surface area contributed by atoms with Crippen molar-refractivity contribution in [1.82, 2.24) is 10.0 Å². The molecule has 5 nitrogen and oxygen atoms in total. The largest absolute Gasteiger partial charge is 0.412 e. The van der Waals surface area contributed by atoms with Crippen LogP contribution in [0.5, 0.6) is 0 Å². The molecule has 1 rings (SSSR count). The lowest BCUT2D eigenvalue weighted by molar-refractivity contribution is -0.318. The number of hydrogen-bond acceptors (Lipinski definition) is 4. The van der Waals surface area contributed by atoms with Crippen LogP contribution in [0.15, 0.2) is 0 Å². The number of rotatable bonds is 1. The number of nitrogens with zero attached hydrogens (tertiary/aromatic N) is 2. The van der Waals surface area contributed by atoms with Crippen molar-refractivity contribution < 1.29 is 39.4 Å². The lowest BCUT2D eigenvalue weighted by Crippen LogP contribution is -2.53. The van der Waals surface area contributed by atoms with Gasteiger partial charge in [0.15, 0.2) is 0 Å². The van der Waals surface area contributed by atoms with Crippen molar-refractivity contribution in [3.8, 4) is 0 Å². The smallest absolute Gasteiger partial charge is 0.281 e. The van der Waals surface area contributed by atoms with E-state index in [9.17, 15) is 34.9 Å². The van der Waals surface area contributed by atoms with E-state index in [0.29, 0.717) is 0 Å². The van der Waals surface area contributed by atoms with E-state index in [-0.39, 0.29) is 7.05 Å². The van der Waals surface area contributed by atoms with Crippen LogP contribution < -0.4 is 0 Å². The molecule has 0 bridgehead atoms. The average Bonchev–Trinajstić information content (AvgIpc) is 2.18. The number of alkyl halides is 5. The van der Waals surface area contributed by atoms with Gasteiger partial charge in [0.25, 0.3) is 0 Å². The van der Waals surface area contributed by atoms with E-state index in [1.54, 1.807) is 0 Å². The molecule has 0 spiro atoms. The first-order valence-electron chi connectivity index (χ1n) is 3.43. The molecule has 1 unspecified atom stereocenters. The number of hydrogen-bond donors (Lipinski definition) is 1. The zero-order valence-corrected chi connectivity index (χ0v) is 8.15. The molecule has 1 fully saturated rings. The molecule has 0 amide bonds. The van der Waals surface area contributed by atoms with Crippen LogP contribution in [0.25, 0.3) is 0 Å². The molecule has 1 saturated heterocycles. The normalized spacial score (nSPS) is 35.5. The molecule has 0 aromatic rings. The van der Waals surface area contributed by atoms with Crippen molar-refractivity contribution in [2.24, 2.45) is 0 Å². The highest BCUT2D eigenvalue weighted by molar-refractivity contribution is 7.86. The van der Waals surface area contributed by atoms with Gasteiger partial charge in [0.2, 0.25) is 0 Å². The van der Waals surface area contributed by atoms with Crippen molar-refractivity contribution in [1.29, 1.82) is 0 Å². The Labute approximate surface area is 84.9 Å². The summed E-state index contributed by atoms with van der Waals surface area (Å²) in [5.41, 5.74) is 0. The fourth-order valence-corrected chi connectivity index (χ4v) is 1.85. The van der Waals surface area contributed by atoms with Crippen molar-refractivity contribution in [3.05, 3.63) is 0 Å². The predicted molar refractivity (Wildman–Crippen MR) is 36.0 cm³/mol. The highest BCUT2D eigenvalue weighted by Crippen LogP contribution is 2.54. The fourth-order valence-electron chi connectivity index (χ4n) is 1.07. The second-order valence-corrected chi connectivity index (χ2v) is 4.40. The third kappa shape index (κ3) is 1.20. The van der Waals surface area contributed by atoms with Gasteiger partial charge in [-0.15, -0.1) is 4.48 Å². The maximum atomic E-state index is 13.3. The summed E-state index contributed by atoms with van der Waals surface area (Å²) in [6.45, 7) is 0. The van der Waals surface area contributed by atoms with Crippen molar-refractivity contribution in [2.75, 3.05) is 7.05 Å². The molecule has 1 atom stereocenters. The second-order valence-electron chi connectivity index (χ2n) is 2.93. The lowest BCUT2D eigenvalue weighted by Gasteiger charge is -2.25. The summed E-state index contributed by atoms with van der Waals surface area (Å²) in [5, 5.41) is -7.60. The summed E-state index contributed by atoms with van der Waals surface area (Å²) < 4.78 is 105. The van der Waals surface area contributed by atoms with E-state index in [0.717, 1.165) is 0 Å². The molecule has 1 heterocycles. The minimum absolute atomic E-state index is 0.124. The first-order valence-corrected chi connectivity index (χ1v) is 4.87. The Morgan fingerprint density at radius 3 is 1.56 bits per heavy atom. The van der Waals surface area contributed by atoms with Gasteiger partial charge in [-0.2, -0.15) is 35.3 Å². The summed E-state index contributed by atoms with van der Waals surface area (Å²) in [4.78, 5) is -1.42. The number of likely N-dealkylation sites (N-methyl/N-ethyl adjacent to an activating group) is 1. The Morgan fingerprint density at radius 2 is 1.44 bits per heavy atom. The van der Waals surface area contributed by atoms with Gasteiger partial charge < -0.3 is 0 Å². The van der Waals surface area contributed by atoms with Crippen LogP contribution in [-0.4, -0.2) is 47.4 Å². The Balaban J connectivity index is 3.51. The Bertz CT molecular complexity index is 390. The Hall–Kier alpha value is -0.590. The lowest BCUT2D eigenvalue weighted by atomic mass is 10.5. The third-order valence-electron chi connectivity index (χ3n) is 2.01. The molecule has 0 radical (unpaired) electrons. The topological polar surface area (TPSA) is 60.9 Å². The molecule has 1 aliphatic heterocycles. The van der Waals surface area contributed by atoms with Crippen molar-refractivity contribution in [2.45, 2.75) is 17.3 Å². The molecular weight excluding hydrogens is 270 g/mol. The Morgan fingerprint density at radius 1 is 1.06 bits per heavy atom. The van der Waals surface area contributed by atoms with E-state index < -0.39 is 37.5 Å². The van der Waals surface area contributed by atoms with Crippen LogP contribution in [0, 0.1) is 0 Å². The minimum Gasteiger partial charge on any atom is -0.281 e. The van der Waals surface area contributed by atoms with Gasteiger partial charge in [-0.25, -0.2) is 0 Å². The molecule has 0 aromatic carbocycles. The summed E-state index contributed by atoms with van der Waals surface area (Å²) in [6, 6.07) is -11.2. The van der Waals surface area contributed by atoms with Gasteiger partial charge >= 0.3 is 27.5 Å². The molecule has 0 aliphatic carbocycles. The van der Waals surface area contributed by atoms with Crippen LogP contribution in [-0.2, 0) is 10.1 Å². The second kappa shape index (κ2) is 3.00. The summed E-state index contributed by atoms with van der Waals surface area (Å²) in [6.07, 6.45) is 0. The van der Waals surface area contributed by atoms with Crippen LogP contribution in [0.4, 0.5) is 26.4 Å². The molecule has 12 heteroatoms. The fraction of sp³-hybridized carbons (Fsp3) is 1.00. The SMILES string of the molecule is CN1C(F)(F)C(F)(F)N(F)C1(F)S(=O)(=O)O. The molecule has 96 valence electrons. The molecule has 0 aromatic heterocycles. The minimum atomic E-state index is -6.19. The maximum Gasteiger partial charge on any atom is 0.412 e. The quantitative estimate of drug-likeness (QED) is 0.331. The van der Waals surface area contributed by atoms with E-state index >= 15 is 0 Å². The van der Waals surface area contributed by atoms with Gasteiger partial charge in [0.1, 0.15) is 0 Å². The van der Waals surface area contributed by atoms with Crippen LogP contribution in [0.2, 0.25) is 0 Å². The van der Waals surface area contributed by atoms with Gasteiger partial charge in [0.05, 0.1) is 0 Å². The zero-order valence-electron chi connectivity index (χ0n) is 7.33. The van der Waals surface area contributed by atoms with E-state index in [1.807, 2.05) is 0 Å². The predicted octanol–water partition coefficient (Wildman–Crippen LogP) is 0.772. The Kier molecular flexibility index (Phi) is 2.52. The number of halogens is 6. The van der Waals surface area contributed by atoms with Crippen LogP contribution in [0.3, 0.4) is 0 Å². The highest BCUT2D eigenvalue weighted by Gasteiger charge is 2.84. The molecule has 1 N–H and O–H groups in total. The zero-order chi connectivity index (χ0) is 13.2. The molecular formula is C4H4F6N2O3S. The van der Waals surface area contributed by atoms with Gasteiger partial charge in [-0.1, -0.05) is 0 Å². The third-order valence-corrected chi connectivity index (χ3v) is 3.10. The highest BCUT2D eigenvalue weighted by atomic mass is 32.2. The standard InChI is InChI=1S/C4H4F6N2O3S/c1-11-2(5,6)3(7,8)12(10)4(11,9)16(13,14)15/h1H3,(H,13,14,15). The van der Waals surface area contributed by atoms with Gasteiger partial charge in [0, 0.05) is 0 Å². The first kappa shape index (κ1) is 13.5. The van der Waals surface area contributed by atoms with Gasteiger partial charge in [-0.05, 0) is 12.2 Å². The molecule has 0 saturated carbocycles. The van der Waals surface area contributed by atoms with E-state index in [4.69, 9.17) is 4.55 Å². The molecule has 16 heavy (non-hydrogen) atoms. The van der Waals surface area contributed by atoms with E-state index in [2.05, 4.69) is 0 Å². The average molecular weight is 274 g/mol. The summed E-state index contributed by atoms with van der Waals surface area (Å²) >= 11 is 0. The van der Waals surface area contributed by atoms with E-state index in [1.165, 1.54) is 0 Å². The summed E-state index contributed by atoms with van der Waals surface area (Å²) in [5.74, 6) is 0. The monoisotopic (exact) mass is 274 g/mol. The molecule has 1 aliphatic rings. The van der Waals surface area contributed by atoms with Crippen molar-refractivity contribution >= 4 is 10.1 Å². The van der Waals surface area contributed by atoms with Crippen LogP contribution in [0.1, 0.15) is 0 Å². The van der Waals surface area contributed by atoms with Crippen molar-refractivity contribution in [3.63, 3.8) is 0 Å².